The van der Waals surface area contributed by atoms with E-state index < -0.39 is 0 Å². The number of imidazole rings is 1. The zero-order valence-electron chi connectivity index (χ0n) is 7.52. The lowest BCUT2D eigenvalue weighted by Gasteiger charge is -2.13. The lowest BCUT2D eigenvalue weighted by atomic mass is 9.96. The highest BCUT2D eigenvalue weighted by Crippen LogP contribution is 2.18. The number of alkyl halides is 1. The van der Waals surface area contributed by atoms with Crippen molar-refractivity contribution in [2.75, 3.05) is 0 Å². The summed E-state index contributed by atoms with van der Waals surface area (Å²) in [5.74, 6) is 1.50. The van der Waals surface area contributed by atoms with Gasteiger partial charge in [-0.1, -0.05) is 20.8 Å². The smallest absolute Gasteiger partial charge is 0.111 e. The summed E-state index contributed by atoms with van der Waals surface area (Å²) in [5.41, 5.74) is 1.07. The minimum absolute atomic E-state index is 0. The molecule has 12 heavy (non-hydrogen) atoms. The maximum absolute atomic E-state index is 5.62. The van der Waals surface area contributed by atoms with Gasteiger partial charge in [-0.3, -0.25) is 0 Å². The number of nitrogens with one attached hydrogen (secondary N) is 1. The molecule has 0 radical (unpaired) electrons. The van der Waals surface area contributed by atoms with Gasteiger partial charge in [0.1, 0.15) is 5.82 Å². The summed E-state index contributed by atoms with van der Waals surface area (Å²) < 4.78 is 0. The highest BCUT2D eigenvalue weighted by atomic mass is 35.5. The van der Waals surface area contributed by atoms with Gasteiger partial charge in [0.15, 0.2) is 0 Å². The standard InChI is InChI=1S/C8H13ClN2.ClH/c1-8(2,3)7-10-5-6(4-9)11-7;/h5H,4H2,1-3H3,(H,10,11);1H. The third-order valence-electron chi connectivity index (χ3n) is 1.48. The first-order valence-corrected chi connectivity index (χ1v) is 4.18. The fourth-order valence-corrected chi connectivity index (χ4v) is 0.944. The van der Waals surface area contributed by atoms with Crippen LogP contribution in [0.25, 0.3) is 0 Å². The van der Waals surface area contributed by atoms with Crippen molar-refractivity contribution >= 4 is 24.0 Å². The molecule has 0 fully saturated rings. The van der Waals surface area contributed by atoms with Crippen LogP contribution >= 0.6 is 24.0 Å². The normalized spacial score (nSPS) is 11.0. The monoisotopic (exact) mass is 208 g/mol. The Morgan fingerprint density at radius 2 is 2.08 bits per heavy atom. The van der Waals surface area contributed by atoms with Gasteiger partial charge in [0, 0.05) is 17.3 Å². The van der Waals surface area contributed by atoms with Gasteiger partial charge in [0.25, 0.3) is 0 Å². The van der Waals surface area contributed by atoms with E-state index in [-0.39, 0.29) is 17.8 Å². The van der Waals surface area contributed by atoms with E-state index in [9.17, 15) is 0 Å². The van der Waals surface area contributed by atoms with Crippen molar-refractivity contribution < 1.29 is 0 Å². The quantitative estimate of drug-likeness (QED) is 0.708. The zero-order chi connectivity index (χ0) is 8.48. The molecule has 0 saturated carbocycles. The summed E-state index contributed by atoms with van der Waals surface area (Å²) in [4.78, 5) is 7.38. The summed E-state index contributed by atoms with van der Waals surface area (Å²) in [6.07, 6.45) is 1.79. The van der Waals surface area contributed by atoms with E-state index in [0.717, 1.165) is 11.5 Å². The van der Waals surface area contributed by atoms with Crippen LogP contribution in [-0.4, -0.2) is 9.97 Å². The Kier molecular flexibility index (Phi) is 4.08. The Balaban J connectivity index is 0.00000121. The second kappa shape index (κ2) is 4.15. The largest absolute Gasteiger partial charge is 0.344 e. The number of hydrogen-bond donors (Lipinski definition) is 1. The number of hydrogen-bond acceptors (Lipinski definition) is 1. The molecule has 0 bridgehead atoms. The first-order chi connectivity index (χ1) is 5.04. The molecule has 4 heteroatoms. The van der Waals surface area contributed by atoms with Crippen LogP contribution in [0.15, 0.2) is 6.20 Å². The molecule has 1 aromatic heterocycles. The topological polar surface area (TPSA) is 28.7 Å². The number of H-pyrrole nitrogens is 1. The Morgan fingerprint density at radius 3 is 2.33 bits per heavy atom. The number of halogens is 2. The van der Waals surface area contributed by atoms with Gasteiger partial charge < -0.3 is 4.98 Å². The molecule has 1 heterocycles. The molecule has 1 aromatic rings. The predicted molar refractivity (Wildman–Crippen MR) is 54.1 cm³/mol. The molecule has 70 valence electrons. The molecular weight excluding hydrogens is 195 g/mol. The Morgan fingerprint density at radius 1 is 1.50 bits per heavy atom. The van der Waals surface area contributed by atoms with Crippen molar-refractivity contribution in [1.29, 1.82) is 0 Å². The van der Waals surface area contributed by atoms with Crippen LogP contribution in [0.3, 0.4) is 0 Å². The average molecular weight is 209 g/mol. The molecule has 0 aliphatic heterocycles. The SMILES string of the molecule is CC(C)(C)c1ncc(CCl)[nH]1.Cl. The molecule has 1 rings (SSSR count). The van der Waals surface area contributed by atoms with E-state index in [1.54, 1.807) is 6.20 Å². The number of aromatic amines is 1. The summed E-state index contributed by atoms with van der Waals surface area (Å²) in [5, 5.41) is 0. The predicted octanol–water partition coefficient (Wildman–Crippen LogP) is 2.87. The minimum Gasteiger partial charge on any atom is -0.344 e. The van der Waals surface area contributed by atoms with Crippen molar-refractivity contribution in [3.05, 3.63) is 17.7 Å². The van der Waals surface area contributed by atoms with Crippen LogP contribution in [0, 0.1) is 0 Å². The summed E-state index contributed by atoms with van der Waals surface area (Å²) in [7, 11) is 0. The molecule has 1 N–H and O–H groups in total. The van der Waals surface area contributed by atoms with E-state index in [0.29, 0.717) is 5.88 Å². The first-order valence-electron chi connectivity index (χ1n) is 3.64. The lowest BCUT2D eigenvalue weighted by molar-refractivity contribution is 0.551. The molecule has 0 unspecified atom stereocenters. The maximum Gasteiger partial charge on any atom is 0.111 e. The average Bonchev–Trinajstić information content (AvgIpc) is 2.32. The second-order valence-corrected chi connectivity index (χ2v) is 3.91. The molecule has 0 saturated heterocycles. The molecule has 0 amide bonds. The third-order valence-corrected chi connectivity index (χ3v) is 1.77. The van der Waals surface area contributed by atoms with Gasteiger partial charge in [-0.2, -0.15) is 0 Å². The molecular formula is C8H14Cl2N2. The van der Waals surface area contributed by atoms with Crippen LogP contribution in [0.1, 0.15) is 32.3 Å². The van der Waals surface area contributed by atoms with Crippen molar-refractivity contribution in [2.24, 2.45) is 0 Å². The van der Waals surface area contributed by atoms with Gasteiger partial charge in [0.05, 0.1) is 5.88 Å². The van der Waals surface area contributed by atoms with Crippen molar-refractivity contribution in [2.45, 2.75) is 32.1 Å². The Labute approximate surface area is 84.1 Å². The number of nitrogens with zero attached hydrogens (tertiary/aromatic N) is 1. The fourth-order valence-electron chi connectivity index (χ4n) is 0.808. The van der Waals surface area contributed by atoms with Crippen LogP contribution in [0.4, 0.5) is 0 Å². The third kappa shape index (κ3) is 2.68. The second-order valence-electron chi connectivity index (χ2n) is 3.64. The number of aromatic nitrogens is 2. The van der Waals surface area contributed by atoms with Gasteiger partial charge in [-0.05, 0) is 0 Å². The molecule has 0 aliphatic carbocycles. The van der Waals surface area contributed by atoms with E-state index >= 15 is 0 Å². The molecule has 0 atom stereocenters. The molecule has 0 aliphatic rings. The summed E-state index contributed by atoms with van der Waals surface area (Å²) >= 11 is 5.62. The summed E-state index contributed by atoms with van der Waals surface area (Å²) in [6.45, 7) is 6.34. The fraction of sp³-hybridized carbons (Fsp3) is 0.625. The van der Waals surface area contributed by atoms with Crippen LogP contribution < -0.4 is 0 Å². The Bertz CT molecular complexity index is 237. The van der Waals surface area contributed by atoms with Gasteiger partial charge in [0.2, 0.25) is 0 Å². The van der Waals surface area contributed by atoms with Crippen LogP contribution in [0.2, 0.25) is 0 Å². The van der Waals surface area contributed by atoms with E-state index in [4.69, 9.17) is 11.6 Å². The maximum atomic E-state index is 5.62. The van der Waals surface area contributed by atoms with Gasteiger partial charge in [-0.15, -0.1) is 24.0 Å². The first kappa shape index (κ1) is 11.8. The molecule has 0 aromatic carbocycles. The highest BCUT2D eigenvalue weighted by Gasteiger charge is 2.16. The number of rotatable bonds is 1. The van der Waals surface area contributed by atoms with E-state index in [2.05, 4.69) is 30.7 Å². The molecule has 0 spiro atoms. The zero-order valence-corrected chi connectivity index (χ0v) is 9.09. The van der Waals surface area contributed by atoms with Crippen molar-refractivity contribution in [1.82, 2.24) is 9.97 Å². The van der Waals surface area contributed by atoms with Crippen LogP contribution in [0.5, 0.6) is 0 Å². The van der Waals surface area contributed by atoms with Crippen LogP contribution in [-0.2, 0) is 11.3 Å². The van der Waals surface area contributed by atoms with Gasteiger partial charge in [-0.25, -0.2) is 4.98 Å². The van der Waals surface area contributed by atoms with E-state index in [1.807, 2.05) is 0 Å². The minimum atomic E-state index is 0. The van der Waals surface area contributed by atoms with Crippen molar-refractivity contribution in [3.8, 4) is 0 Å². The van der Waals surface area contributed by atoms with Gasteiger partial charge >= 0.3 is 0 Å². The van der Waals surface area contributed by atoms with Crippen molar-refractivity contribution in [3.63, 3.8) is 0 Å². The molecule has 2 nitrogen and oxygen atoms in total. The van der Waals surface area contributed by atoms with E-state index in [1.165, 1.54) is 0 Å². The Hall–Kier alpha value is -0.210. The highest BCUT2D eigenvalue weighted by molar-refractivity contribution is 6.16. The lowest BCUT2D eigenvalue weighted by Crippen LogP contribution is -2.13. The summed E-state index contributed by atoms with van der Waals surface area (Å²) in [6, 6.07) is 0.